The molecule has 1 aliphatic heterocycles. The molecule has 0 bridgehead atoms. The molecule has 0 aliphatic carbocycles. The topological polar surface area (TPSA) is 75.2 Å². The van der Waals surface area contributed by atoms with E-state index in [4.69, 9.17) is 15.7 Å². The lowest BCUT2D eigenvalue weighted by atomic mass is 10.1. The zero-order chi connectivity index (χ0) is 13.7. The van der Waals surface area contributed by atoms with Crippen molar-refractivity contribution in [2.24, 2.45) is 0 Å². The van der Waals surface area contributed by atoms with Crippen LogP contribution in [-0.4, -0.2) is 30.8 Å². The molecule has 19 heavy (non-hydrogen) atoms. The third kappa shape index (κ3) is 3.15. The summed E-state index contributed by atoms with van der Waals surface area (Å²) in [5.74, 6) is 0.712. The van der Waals surface area contributed by atoms with Crippen LogP contribution in [0.15, 0.2) is 12.3 Å². The molecule has 1 aliphatic rings. The van der Waals surface area contributed by atoms with Crippen molar-refractivity contribution in [2.45, 2.75) is 32.3 Å². The highest BCUT2D eigenvalue weighted by molar-refractivity contribution is 5.70. The van der Waals surface area contributed by atoms with Gasteiger partial charge in [0.25, 0.3) is 0 Å². The molecule has 2 rings (SSSR count). The van der Waals surface area contributed by atoms with Gasteiger partial charge in [0.2, 0.25) is 0 Å². The van der Waals surface area contributed by atoms with Crippen LogP contribution in [0.25, 0.3) is 0 Å². The van der Waals surface area contributed by atoms with E-state index in [9.17, 15) is 0 Å². The van der Waals surface area contributed by atoms with E-state index in [0.29, 0.717) is 17.1 Å². The van der Waals surface area contributed by atoms with Crippen LogP contribution in [0.4, 0.5) is 11.5 Å². The number of piperidine rings is 1. The molecule has 0 saturated carbocycles. The Morgan fingerprint density at radius 1 is 1.63 bits per heavy atom. The first-order valence-electron chi connectivity index (χ1n) is 6.77. The maximum Gasteiger partial charge on any atom is 0.153 e. The van der Waals surface area contributed by atoms with Crippen LogP contribution in [0.2, 0.25) is 0 Å². The summed E-state index contributed by atoms with van der Waals surface area (Å²) >= 11 is 0. The Labute approximate surface area is 114 Å². The fourth-order valence-corrected chi connectivity index (χ4v) is 2.36. The molecule has 1 fully saturated rings. The average Bonchev–Trinajstić information content (AvgIpc) is 2.45. The van der Waals surface area contributed by atoms with E-state index in [1.807, 2.05) is 0 Å². The second kappa shape index (κ2) is 6.39. The number of anilines is 2. The summed E-state index contributed by atoms with van der Waals surface area (Å²) in [6.07, 6.45) is 5.04. The van der Waals surface area contributed by atoms with Gasteiger partial charge in [-0.15, -0.1) is 0 Å². The van der Waals surface area contributed by atoms with Gasteiger partial charge in [0.1, 0.15) is 6.07 Å². The van der Waals surface area contributed by atoms with Crippen LogP contribution in [0.3, 0.4) is 0 Å². The Hall–Kier alpha value is -1.80. The molecule has 0 amide bonds. The van der Waals surface area contributed by atoms with Gasteiger partial charge in [-0.3, -0.25) is 0 Å². The van der Waals surface area contributed by atoms with Crippen LogP contribution < -0.4 is 10.6 Å². The minimum absolute atomic E-state index is 0.237. The van der Waals surface area contributed by atoms with Gasteiger partial charge < -0.3 is 15.4 Å². The van der Waals surface area contributed by atoms with Crippen LogP contribution >= 0.6 is 0 Å². The number of nitriles is 1. The smallest absolute Gasteiger partial charge is 0.153 e. The van der Waals surface area contributed by atoms with Crippen LogP contribution in [-0.2, 0) is 4.74 Å². The SMILES string of the molecule is CCCOC1CCCN(c2nccc(C#N)c2N)C1. The Morgan fingerprint density at radius 2 is 2.47 bits per heavy atom. The van der Waals surface area contributed by atoms with Crippen molar-refractivity contribution in [1.82, 2.24) is 4.98 Å². The van der Waals surface area contributed by atoms with Crippen LogP contribution in [0.1, 0.15) is 31.7 Å². The van der Waals surface area contributed by atoms with E-state index < -0.39 is 0 Å². The highest BCUT2D eigenvalue weighted by Gasteiger charge is 2.23. The normalized spacial score (nSPS) is 19.2. The van der Waals surface area contributed by atoms with Crippen LogP contribution in [0.5, 0.6) is 0 Å². The molecule has 102 valence electrons. The maximum atomic E-state index is 9.01. The first kappa shape index (κ1) is 13.6. The standard InChI is InChI=1S/C14H20N4O/c1-2-8-19-12-4-3-7-18(10-12)14-13(16)11(9-15)5-6-17-14/h5-6,12H,2-4,7-8,10,16H2,1H3. The fourth-order valence-electron chi connectivity index (χ4n) is 2.36. The van der Waals surface area contributed by atoms with Crippen molar-refractivity contribution in [3.05, 3.63) is 17.8 Å². The van der Waals surface area contributed by atoms with Crippen molar-refractivity contribution < 1.29 is 4.74 Å². The molecule has 0 radical (unpaired) electrons. The van der Waals surface area contributed by atoms with E-state index in [2.05, 4.69) is 22.9 Å². The largest absolute Gasteiger partial charge is 0.395 e. The van der Waals surface area contributed by atoms with Gasteiger partial charge in [0, 0.05) is 25.9 Å². The van der Waals surface area contributed by atoms with Gasteiger partial charge in [0.15, 0.2) is 5.82 Å². The average molecular weight is 260 g/mol. The molecule has 5 nitrogen and oxygen atoms in total. The number of nitrogen functional groups attached to an aromatic ring is 1. The van der Waals surface area contributed by atoms with Gasteiger partial charge in [-0.1, -0.05) is 6.92 Å². The quantitative estimate of drug-likeness (QED) is 0.895. The molecule has 1 saturated heterocycles. The van der Waals surface area contributed by atoms with Crippen molar-refractivity contribution in [2.75, 3.05) is 30.3 Å². The van der Waals surface area contributed by atoms with Gasteiger partial charge in [-0.2, -0.15) is 5.26 Å². The van der Waals surface area contributed by atoms with Gasteiger partial charge >= 0.3 is 0 Å². The third-order valence-corrected chi connectivity index (χ3v) is 3.32. The maximum absolute atomic E-state index is 9.01. The summed E-state index contributed by atoms with van der Waals surface area (Å²) < 4.78 is 5.81. The summed E-state index contributed by atoms with van der Waals surface area (Å²) in [7, 11) is 0. The summed E-state index contributed by atoms with van der Waals surface area (Å²) in [6, 6.07) is 3.74. The molecule has 1 unspecified atom stereocenters. The van der Waals surface area contributed by atoms with Gasteiger partial charge in [-0.25, -0.2) is 4.98 Å². The Bertz CT molecular complexity index is 469. The molecule has 2 N–H and O–H groups in total. The first-order valence-corrected chi connectivity index (χ1v) is 6.77. The van der Waals surface area contributed by atoms with Gasteiger partial charge in [-0.05, 0) is 25.3 Å². The highest BCUT2D eigenvalue weighted by atomic mass is 16.5. The molecule has 1 aromatic rings. The van der Waals surface area contributed by atoms with E-state index >= 15 is 0 Å². The summed E-state index contributed by atoms with van der Waals surface area (Å²) in [5, 5.41) is 9.01. The lowest BCUT2D eigenvalue weighted by Crippen LogP contribution is -2.40. The summed E-state index contributed by atoms with van der Waals surface area (Å²) in [6.45, 7) is 4.61. The number of hydrogen-bond acceptors (Lipinski definition) is 5. The molecule has 1 aromatic heterocycles. The Morgan fingerprint density at radius 3 is 3.21 bits per heavy atom. The third-order valence-electron chi connectivity index (χ3n) is 3.32. The predicted octanol–water partition coefficient (Wildman–Crippen LogP) is 1.93. The van der Waals surface area contributed by atoms with Crippen LogP contribution in [0, 0.1) is 11.3 Å². The lowest BCUT2D eigenvalue weighted by molar-refractivity contribution is 0.0439. The zero-order valence-corrected chi connectivity index (χ0v) is 11.3. The number of pyridine rings is 1. The van der Waals surface area contributed by atoms with Crippen molar-refractivity contribution in [1.29, 1.82) is 5.26 Å². The molecule has 5 heteroatoms. The highest BCUT2D eigenvalue weighted by Crippen LogP contribution is 2.26. The fraction of sp³-hybridized carbons (Fsp3) is 0.571. The van der Waals surface area contributed by atoms with E-state index in [1.54, 1.807) is 12.3 Å². The van der Waals surface area contributed by atoms with Crippen molar-refractivity contribution in [3.8, 4) is 6.07 Å². The van der Waals surface area contributed by atoms with E-state index in [0.717, 1.165) is 39.0 Å². The number of nitrogens with zero attached hydrogens (tertiary/aromatic N) is 3. The monoisotopic (exact) mass is 260 g/mol. The van der Waals surface area contributed by atoms with Gasteiger partial charge in [0.05, 0.1) is 17.4 Å². The van der Waals surface area contributed by atoms with Crippen molar-refractivity contribution in [3.63, 3.8) is 0 Å². The Kier molecular flexibility index (Phi) is 4.58. The Balaban J connectivity index is 2.11. The summed E-state index contributed by atoms with van der Waals surface area (Å²) in [5.41, 5.74) is 6.96. The minimum Gasteiger partial charge on any atom is -0.395 e. The first-order chi connectivity index (χ1) is 9.26. The summed E-state index contributed by atoms with van der Waals surface area (Å²) in [4.78, 5) is 6.44. The molecular weight excluding hydrogens is 240 g/mol. The molecular formula is C14H20N4O. The lowest BCUT2D eigenvalue weighted by Gasteiger charge is -2.34. The zero-order valence-electron chi connectivity index (χ0n) is 11.3. The number of nitrogens with two attached hydrogens (primary N) is 1. The van der Waals surface area contributed by atoms with E-state index in [-0.39, 0.29) is 6.10 Å². The predicted molar refractivity (Wildman–Crippen MR) is 74.8 cm³/mol. The number of hydrogen-bond donors (Lipinski definition) is 1. The number of rotatable bonds is 4. The molecule has 0 spiro atoms. The van der Waals surface area contributed by atoms with E-state index in [1.165, 1.54) is 0 Å². The number of aromatic nitrogens is 1. The van der Waals surface area contributed by atoms with Crippen molar-refractivity contribution >= 4 is 11.5 Å². The molecule has 0 aromatic carbocycles. The second-order valence-corrected chi connectivity index (χ2v) is 4.79. The minimum atomic E-state index is 0.237. The molecule has 2 heterocycles. The second-order valence-electron chi connectivity index (χ2n) is 4.79. The molecule has 1 atom stereocenters. The number of ether oxygens (including phenoxy) is 1.